The number of nitrogens with zero attached hydrogens (tertiary/aromatic N) is 2. The molecule has 1 fully saturated rings. The molecule has 1 aromatic carbocycles. The first-order valence-corrected chi connectivity index (χ1v) is 11.9. The molecule has 0 bridgehead atoms. The number of ether oxygens (including phenoxy) is 1. The molecule has 0 spiro atoms. The Balaban J connectivity index is 1.46. The second-order valence-corrected chi connectivity index (χ2v) is 8.82. The van der Waals surface area contributed by atoms with E-state index in [0.29, 0.717) is 18.1 Å². The molecule has 0 atom stereocenters. The predicted octanol–water partition coefficient (Wildman–Crippen LogP) is 7.39. The van der Waals surface area contributed by atoms with Gasteiger partial charge in [-0.05, 0) is 61.4 Å². The van der Waals surface area contributed by atoms with Gasteiger partial charge in [0.25, 0.3) is 0 Å². The molecule has 2 aromatic rings. The molecular weight excluding hydrogens is 375 g/mol. The van der Waals surface area contributed by atoms with Crippen molar-refractivity contribution in [2.75, 3.05) is 6.61 Å². The van der Waals surface area contributed by atoms with E-state index in [2.05, 4.69) is 17.1 Å². The van der Waals surface area contributed by atoms with E-state index in [9.17, 15) is 4.39 Å². The third kappa shape index (κ3) is 6.78. The van der Waals surface area contributed by atoms with Gasteiger partial charge in [-0.15, -0.1) is 0 Å². The number of rotatable bonds is 11. The van der Waals surface area contributed by atoms with Gasteiger partial charge in [-0.2, -0.15) is 10.2 Å². The minimum atomic E-state index is -0.350. The van der Waals surface area contributed by atoms with Crippen molar-refractivity contribution < 1.29 is 9.13 Å². The highest BCUT2D eigenvalue weighted by molar-refractivity contribution is 5.59. The van der Waals surface area contributed by atoms with E-state index < -0.39 is 0 Å². The van der Waals surface area contributed by atoms with Crippen molar-refractivity contribution in [2.24, 2.45) is 11.8 Å². The minimum absolute atomic E-state index is 0.297. The summed E-state index contributed by atoms with van der Waals surface area (Å²) in [4.78, 5) is 0. The van der Waals surface area contributed by atoms with E-state index in [1.165, 1.54) is 63.9 Å². The van der Waals surface area contributed by atoms with Gasteiger partial charge in [-0.3, -0.25) is 0 Å². The summed E-state index contributed by atoms with van der Waals surface area (Å²) in [6.45, 7) is 4.80. The maximum Gasteiger partial charge on any atom is 0.165 e. The van der Waals surface area contributed by atoms with Gasteiger partial charge in [0.1, 0.15) is 0 Å². The molecule has 1 heterocycles. The third-order valence-electron chi connectivity index (χ3n) is 6.40. The van der Waals surface area contributed by atoms with Gasteiger partial charge in [0.15, 0.2) is 11.6 Å². The SMILES string of the molecule is CCCCCC1CCC(CCc2ccc(-c3ccc(OCCC)c(F)c3)nn2)CC1. The molecule has 1 aliphatic rings. The van der Waals surface area contributed by atoms with Gasteiger partial charge < -0.3 is 4.74 Å². The van der Waals surface area contributed by atoms with E-state index in [1.54, 1.807) is 6.07 Å². The smallest absolute Gasteiger partial charge is 0.165 e. The van der Waals surface area contributed by atoms with Crippen LogP contribution in [0.4, 0.5) is 4.39 Å². The molecule has 1 aromatic heterocycles. The first-order valence-electron chi connectivity index (χ1n) is 11.9. The number of unbranched alkanes of at least 4 members (excludes halogenated alkanes) is 2. The molecule has 1 saturated carbocycles. The first-order chi connectivity index (χ1) is 14.7. The van der Waals surface area contributed by atoms with Crippen molar-refractivity contribution in [3.8, 4) is 17.0 Å². The Labute approximate surface area is 181 Å². The van der Waals surface area contributed by atoms with Gasteiger partial charge in [0.05, 0.1) is 18.0 Å². The lowest BCUT2D eigenvalue weighted by Gasteiger charge is -2.28. The van der Waals surface area contributed by atoms with Crippen LogP contribution in [0.15, 0.2) is 30.3 Å². The highest BCUT2D eigenvalue weighted by atomic mass is 19.1. The molecule has 164 valence electrons. The van der Waals surface area contributed by atoms with E-state index in [-0.39, 0.29) is 5.82 Å². The van der Waals surface area contributed by atoms with Crippen LogP contribution < -0.4 is 4.74 Å². The van der Waals surface area contributed by atoms with Crippen LogP contribution in [0, 0.1) is 17.7 Å². The van der Waals surface area contributed by atoms with Crippen molar-refractivity contribution in [2.45, 2.75) is 84.5 Å². The monoisotopic (exact) mass is 412 g/mol. The Morgan fingerprint density at radius 2 is 1.67 bits per heavy atom. The standard InChI is InChI=1S/C26H37FN2O/c1-3-5-6-7-20-8-10-21(11-9-20)12-14-23-15-16-25(29-28-23)22-13-17-26(24(27)19-22)30-18-4-2/h13,15-17,19-21H,3-12,14,18H2,1-2H3. The molecule has 30 heavy (non-hydrogen) atoms. The molecule has 3 nitrogen and oxygen atoms in total. The molecule has 0 unspecified atom stereocenters. The van der Waals surface area contributed by atoms with Crippen LogP contribution in [0.2, 0.25) is 0 Å². The molecule has 3 rings (SSSR count). The summed E-state index contributed by atoms with van der Waals surface area (Å²) in [7, 11) is 0. The maximum absolute atomic E-state index is 14.2. The highest BCUT2D eigenvalue weighted by Crippen LogP contribution is 2.34. The van der Waals surface area contributed by atoms with Crippen LogP contribution >= 0.6 is 0 Å². The van der Waals surface area contributed by atoms with Gasteiger partial charge in [0, 0.05) is 5.56 Å². The second-order valence-electron chi connectivity index (χ2n) is 8.82. The number of benzene rings is 1. The predicted molar refractivity (Wildman–Crippen MR) is 121 cm³/mol. The van der Waals surface area contributed by atoms with Crippen LogP contribution in [-0.4, -0.2) is 16.8 Å². The number of hydrogen-bond donors (Lipinski definition) is 0. The topological polar surface area (TPSA) is 35.0 Å². The van der Waals surface area contributed by atoms with Gasteiger partial charge in [-0.1, -0.05) is 65.2 Å². The number of aromatic nitrogens is 2. The lowest BCUT2D eigenvalue weighted by atomic mass is 9.78. The summed E-state index contributed by atoms with van der Waals surface area (Å²) in [5.74, 6) is 1.74. The fourth-order valence-electron chi connectivity index (χ4n) is 4.48. The van der Waals surface area contributed by atoms with Crippen LogP contribution in [0.3, 0.4) is 0 Å². The Morgan fingerprint density at radius 1 is 0.900 bits per heavy atom. The molecule has 0 aliphatic heterocycles. The Bertz CT molecular complexity index is 754. The largest absolute Gasteiger partial charge is 0.491 e. The van der Waals surface area contributed by atoms with Gasteiger partial charge >= 0.3 is 0 Å². The maximum atomic E-state index is 14.2. The minimum Gasteiger partial charge on any atom is -0.491 e. The lowest BCUT2D eigenvalue weighted by Crippen LogP contribution is -2.15. The van der Waals surface area contributed by atoms with Gasteiger partial charge in [0.2, 0.25) is 0 Å². The average Bonchev–Trinajstić information content (AvgIpc) is 2.78. The molecule has 0 radical (unpaired) electrons. The van der Waals surface area contributed by atoms with Crippen molar-refractivity contribution in [3.05, 3.63) is 41.8 Å². The average molecular weight is 413 g/mol. The number of aryl methyl sites for hydroxylation is 1. The normalized spacial score (nSPS) is 19.0. The van der Waals surface area contributed by atoms with E-state index in [4.69, 9.17) is 4.74 Å². The summed E-state index contributed by atoms with van der Waals surface area (Å²) in [6.07, 6.45) is 14.1. The Kier molecular flexibility index (Phi) is 9.10. The first kappa shape index (κ1) is 22.7. The molecular formula is C26H37FN2O. The van der Waals surface area contributed by atoms with Crippen molar-refractivity contribution in [1.29, 1.82) is 0 Å². The lowest BCUT2D eigenvalue weighted by molar-refractivity contribution is 0.248. The van der Waals surface area contributed by atoms with E-state index in [1.807, 2.05) is 25.1 Å². The molecule has 0 amide bonds. The van der Waals surface area contributed by atoms with Crippen LogP contribution in [0.5, 0.6) is 5.75 Å². The highest BCUT2D eigenvalue weighted by Gasteiger charge is 2.20. The van der Waals surface area contributed by atoms with Crippen LogP contribution in [-0.2, 0) is 6.42 Å². The van der Waals surface area contributed by atoms with E-state index >= 15 is 0 Å². The number of halogens is 1. The zero-order chi connectivity index (χ0) is 21.2. The summed E-state index contributed by atoms with van der Waals surface area (Å²) in [5.41, 5.74) is 2.47. The third-order valence-corrected chi connectivity index (χ3v) is 6.40. The molecule has 0 saturated heterocycles. The van der Waals surface area contributed by atoms with Crippen molar-refractivity contribution >= 4 is 0 Å². The zero-order valence-electron chi connectivity index (χ0n) is 18.7. The van der Waals surface area contributed by atoms with Crippen molar-refractivity contribution in [3.63, 3.8) is 0 Å². The van der Waals surface area contributed by atoms with Gasteiger partial charge in [-0.25, -0.2) is 4.39 Å². The molecule has 1 aliphatic carbocycles. The second kappa shape index (κ2) is 12.0. The summed E-state index contributed by atoms with van der Waals surface area (Å²) >= 11 is 0. The molecule has 4 heteroatoms. The van der Waals surface area contributed by atoms with Crippen LogP contribution in [0.1, 0.15) is 83.7 Å². The van der Waals surface area contributed by atoms with Crippen LogP contribution in [0.25, 0.3) is 11.3 Å². The zero-order valence-corrected chi connectivity index (χ0v) is 18.7. The fraction of sp³-hybridized carbons (Fsp3) is 0.615. The Hall–Kier alpha value is -1.97. The Morgan fingerprint density at radius 3 is 2.30 bits per heavy atom. The van der Waals surface area contributed by atoms with E-state index in [0.717, 1.165) is 35.9 Å². The summed E-state index contributed by atoms with van der Waals surface area (Å²) in [5, 5.41) is 8.74. The van der Waals surface area contributed by atoms with Crippen molar-refractivity contribution in [1.82, 2.24) is 10.2 Å². The number of hydrogen-bond acceptors (Lipinski definition) is 3. The fourth-order valence-corrected chi connectivity index (χ4v) is 4.48. The summed E-state index contributed by atoms with van der Waals surface area (Å²) in [6, 6.07) is 8.99. The summed E-state index contributed by atoms with van der Waals surface area (Å²) < 4.78 is 19.6. The quantitative estimate of drug-likeness (QED) is 0.361. The molecule has 0 N–H and O–H groups in total.